The molecule has 0 radical (unpaired) electrons. The highest BCUT2D eigenvalue weighted by Gasteiger charge is 2.26. The van der Waals surface area contributed by atoms with Crippen LogP contribution in [0.4, 0.5) is 0 Å². The summed E-state index contributed by atoms with van der Waals surface area (Å²) in [7, 11) is -3.46. The van der Waals surface area contributed by atoms with E-state index in [0.29, 0.717) is 13.2 Å². The van der Waals surface area contributed by atoms with Gasteiger partial charge in [0.05, 0.1) is 19.8 Å². The lowest BCUT2D eigenvalue weighted by molar-refractivity contribution is 0.106. The average Bonchev–Trinajstić information content (AvgIpc) is 2.47. The molecule has 0 saturated heterocycles. The van der Waals surface area contributed by atoms with E-state index in [4.69, 9.17) is 13.6 Å². The number of aryl methyl sites for hydroxylation is 1. The molecule has 0 atom stereocenters. The second-order valence-corrected chi connectivity index (χ2v) is 6.69. The second-order valence-electron chi connectivity index (χ2n) is 5.02. The number of hydrogen-bond acceptors (Lipinski definition) is 4. The van der Waals surface area contributed by atoms with Crippen LogP contribution in [-0.2, 0) is 24.7 Å². The first kappa shape index (κ1) is 18.4. The van der Waals surface area contributed by atoms with Gasteiger partial charge in [0.1, 0.15) is 0 Å². The Morgan fingerprint density at radius 3 is 2.05 bits per heavy atom. The Morgan fingerprint density at radius 2 is 1.52 bits per heavy atom. The molecule has 1 aromatic carbocycles. The van der Waals surface area contributed by atoms with E-state index < -0.39 is 7.82 Å². The number of benzene rings is 1. The first-order chi connectivity index (χ1) is 10.1. The van der Waals surface area contributed by atoms with E-state index in [-0.39, 0.29) is 6.61 Å². The topological polar surface area (TPSA) is 44.8 Å². The van der Waals surface area contributed by atoms with Crippen molar-refractivity contribution in [2.24, 2.45) is 0 Å². The molecule has 0 bridgehead atoms. The molecule has 0 aliphatic heterocycles. The van der Waals surface area contributed by atoms with Crippen molar-refractivity contribution in [1.82, 2.24) is 0 Å². The summed E-state index contributed by atoms with van der Waals surface area (Å²) in [5, 5.41) is 0. The number of hydrogen-bond donors (Lipinski definition) is 0. The fraction of sp³-hybridized carbons (Fsp3) is 0.625. The van der Waals surface area contributed by atoms with Crippen LogP contribution in [-0.4, -0.2) is 13.2 Å². The first-order valence-electron chi connectivity index (χ1n) is 7.69. The molecule has 0 aliphatic rings. The minimum absolute atomic E-state index is 0.238. The highest BCUT2D eigenvalue weighted by Crippen LogP contribution is 2.50. The Labute approximate surface area is 128 Å². The van der Waals surface area contributed by atoms with Gasteiger partial charge in [0.15, 0.2) is 0 Å². The van der Waals surface area contributed by atoms with Crippen LogP contribution in [0.2, 0.25) is 0 Å². The summed E-state index contributed by atoms with van der Waals surface area (Å²) in [5.74, 6) is 0. The van der Waals surface area contributed by atoms with Gasteiger partial charge in [-0.2, -0.15) is 0 Å². The van der Waals surface area contributed by atoms with E-state index >= 15 is 0 Å². The highest BCUT2D eigenvalue weighted by molar-refractivity contribution is 7.48. The molecule has 0 spiro atoms. The molecule has 21 heavy (non-hydrogen) atoms. The Morgan fingerprint density at radius 1 is 0.952 bits per heavy atom. The standard InChI is InChI=1S/C16H27O4P/c1-4-6-12-18-21(17,19-13-7-5-2)20-14-16-11-9-8-10-15(16)3/h8-11H,4-7,12-14H2,1-3H3. The van der Waals surface area contributed by atoms with E-state index in [1.165, 1.54) is 0 Å². The van der Waals surface area contributed by atoms with Crippen LogP contribution in [0.3, 0.4) is 0 Å². The number of unbranched alkanes of at least 4 members (excludes halogenated alkanes) is 2. The summed E-state index contributed by atoms with van der Waals surface area (Å²) in [6.45, 7) is 7.14. The summed E-state index contributed by atoms with van der Waals surface area (Å²) in [4.78, 5) is 0. The van der Waals surface area contributed by atoms with Crippen molar-refractivity contribution >= 4 is 7.82 Å². The molecule has 0 heterocycles. The smallest absolute Gasteiger partial charge is 0.287 e. The number of phosphoric ester groups is 1. The van der Waals surface area contributed by atoms with Crippen LogP contribution in [0, 0.1) is 6.92 Å². The number of rotatable bonds is 11. The SMILES string of the molecule is CCCCOP(=O)(OCCCC)OCc1ccccc1C. The van der Waals surface area contributed by atoms with Crippen molar-refractivity contribution in [2.75, 3.05) is 13.2 Å². The van der Waals surface area contributed by atoms with Crippen molar-refractivity contribution in [3.05, 3.63) is 35.4 Å². The molecule has 0 saturated carbocycles. The Balaban J connectivity index is 2.58. The average molecular weight is 314 g/mol. The minimum Gasteiger partial charge on any atom is -0.287 e. The fourth-order valence-corrected chi connectivity index (χ4v) is 2.90. The van der Waals surface area contributed by atoms with Crippen molar-refractivity contribution in [2.45, 2.75) is 53.1 Å². The zero-order chi connectivity index (χ0) is 15.6. The molecule has 0 aromatic heterocycles. The van der Waals surface area contributed by atoms with Gasteiger partial charge in [0, 0.05) is 0 Å². The van der Waals surface area contributed by atoms with Gasteiger partial charge in [-0.25, -0.2) is 4.57 Å². The predicted molar refractivity (Wildman–Crippen MR) is 85.3 cm³/mol. The summed E-state index contributed by atoms with van der Waals surface area (Å²) in [6.07, 6.45) is 3.64. The van der Waals surface area contributed by atoms with Crippen molar-refractivity contribution in [3.63, 3.8) is 0 Å². The summed E-state index contributed by atoms with van der Waals surface area (Å²) in [6, 6.07) is 7.86. The van der Waals surface area contributed by atoms with E-state index in [1.807, 2.05) is 31.2 Å². The molecule has 0 N–H and O–H groups in total. The molecule has 0 unspecified atom stereocenters. The van der Waals surface area contributed by atoms with Gasteiger partial charge in [0.2, 0.25) is 0 Å². The van der Waals surface area contributed by atoms with Crippen LogP contribution in [0.25, 0.3) is 0 Å². The van der Waals surface area contributed by atoms with Crippen molar-refractivity contribution < 1.29 is 18.1 Å². The zero-order valence-corrected chi connectivity index (χ0v) is 14.2. The molecule has 1 rings (SSSR count). The van der Waals surface area contributed by atoms with Gasteiger partial charge >= 0.3 is 7.82 Å². The Kier molecular flexibility index (Phi) is 8.86. The third kappa shape index (κ3) is 7.23. The quantitative estimate of drug-likeness (QED) is 0.413. The number of phosphoric acid groups is 1. The Bertz CT molecular complexity index is 434. The zero-order valence-electron chi connectivity index (χ0n) is 13.3. The lowest BCUT2D eigenvalue weighted by Gasteiger charge is -2.18. The first-order valence-corrected chi connectivity index (χ1v) is 9.15. The van der Waals surface area contributed by atoms with Crippen LogP contribution < -0.4 is 0 Å². The predicted octanol–water partition coefficient (Wildman–Crippen LogP) is 5.25. The third-order valence-electron chi connectivity index (χ3n) is 3.13. The monoisotopic (exact) mass is 314 g/mol. The molecule has 1 aromatic rings. The second kappa shape index (κ2) is 10.1. The van der Waals surface area contributed by atoms with Crippen molar-refractivity contribution in [1.29, 1.82) is 0 Å². The maximum Gasteiger partial charge on any atom is 0.475 e. The summed E-state index contributed by atoms with van der Waals surface area (Å²) >= 11 is 0. The maximum atomic E-state index is 12.6. The fourth-order valence-electron chi connectivity index (χ4n) is 1.67. The van der Waals surface area contributed by atoms with Gasteiger partial charge in [-0.15, -0.1) is 0 Å². The van der Waals surface area contributed by atoms with E-state index in [1.54, 1.807) is 0 Å². The lowest BCUT2D eigenvalue weighted by Crippen LogP contribution is -2.03. The van der Waals surface area contributed by atoms with Crippen LogP contribution >= 0.6 is 7.82 Å². The molecule has 0 amide bonds. The Hall–Kier alpha value is -0.670. The van der Waals surface area contributed by atoms with E-state index in [0.717, 1.165) is 36.8 Å². The van der Waals surface area contributed by atoms with Crippen LogP contribution in [0.5, 0.6) is 0 Å². The molecular weight excluding hydrogens is 287 g/mol. The minimum atomic E-state index is -3.46. The third-order valence-corrected chi connectivity index (χ3v) is 4.58. The van der Waals surface area contributed by atoms with E-state index in [9.17, 15) is 4.57 Å². The van der Waals surface area contributed by atoms with Gasteiger partial charge < -0.3 is 0 Å². The normalized spacial score (nSPS) is 11.8. The van der Waals surface area contributed by atoms with E-state index in [2.05, 4.69) is 13.8 Å². The summed E-state index contributed by atoms with van der Waals surface area (Å²) < 4.78 is 28.9. The van der Waals surface area contributed by atoms with Gasteiger partial charge in [-0.05, 0) is 30.9 Å². The molecule has 5 heteroatoms. The van der Waals surface area contributed by atoms with Crippen molar-refractivity contribution in [3.8, 4) is 0 Å². The maximum absolute atomic E-state index is 12.6. The van der Waals surface area contributed by atoms with Gasteiger partial charge in [-0.3, -0.25) is 13.6 Å². The van der Waals surface area contributed by atoms with Gasteiger partial charge in [-0.1, -0.05) is 51.0 Å². The molecule has 0 aliphatic carbocycles. The van der Waals surface area contributed by atoms with Gasteiger partial charge in [0.25, 0.3) is 0 Å². The molecule has 120 valence electrons. The highest BCUT2D eigenvalue weighted by atomic mass is 31.2. The molecule has 4 nitrogen and oxygen atoms in total. The van der Waals surface area contributed by atoms with Crippen LogP contribution in [0.1, 0.15) is 50.7 Å². The lowest BCUT2D eigenvalue weighted by atomic mass is 10.1. The largest absolute Gasteiger partial charge is 0.475 e. The van der Waals surface area contributed by atoms with Crippen LogP contribution in [0.15, 0.2) is 24.3 Å². The molecular formula is C16H27O4P. The summed E-state index contributed by atoms with van der Waals surface area (Å²) in [5.41, 5.74) is 2.10. The molecule has 0 fully saturated rings.